The van der Waals surface area contributed by atoms with Gasteiger partial charge >= 0.3 is 0 Å². The number of aromatic nitrogens is 2. The molecule has 2 rings (SSSR count). The van der Waals surface area contributed by atoms with Crippen LogP contribution in [0.3, 0.4) is 0 Å². The molecule has 0 radical (unpaired) electrons. The molecule has 2 atom stereocenters. The third-order valence-corrected chi connectivity index (χ3v) is 4.42. The Morgan fingerprint density at radius 3 is 2.85 bits per heavy atom. The first kappa shape index (κ1) is 15.0. The van der Waals surface area contributed by atoms with E-state index in [0.717, 1.165) is 30.2 Å². The third kappa shape index (κ3) is 3.39. The average molecular weight is 278 g/mol. The highest BCUT2D eigenvalue weighted by molar-refractivity contribution is 5.92. The molecular formula is C15H26N4O. The minimum Gasteiger partial charge on any atom is -0.323 e. The van der Waals surface area contributed by atoms with Gasteiger partial charge in [0, 0.05) is 13.5 Å². The van der Waals surface area contributed by atoms with Crippen LogP contribution in [-0.2, 0) is 11.8 Å². The minimum absolute atomic E-state index is 0.0993. The van der Waals surface area contributed by atoms with Crippen LogP contribution in [-0.4, -0.2) is 28.8 Å². The lowest BCUT2D eigenvalue weighted by Crippen LogP contribution is -2.34. The van der Waals surface area contributed by atoms with Crippen LogP contribution in [0.5, 0.6) is 0 Å². The van der Waals surface area contributed by atoms with Gasteiger partial charge in [-0.1, -0.05) is 6.92 Å². The summed E-state index contributed by atoms with van der Waals surface area (Å²) in [6, 6.07) is 0. The Balaban J connectivity index is 1.91. The predicted molar refractivity (Wildman–Crippen MR) is 80.7 cm³/mol. The van der Waals surface area contributed by atoms with Crippen LogP contribution >= 0.6 is 0 Å². The largest absolute Gasteiger partial charge is 0.323 e. The molecule has 0 spiro atoms. The molecule has 1 aliphatic heterocycles. The molecule has 2 unspecified atom stereocenters. The SMILES string of the molecule is Cc1nn(C)c(C)c1NC(=O)CC(C)C1CCCNC1. The van der Waals surface area contributed by atoms with Crippen molar-refractivity contribution in [1.82, 2.24) is 15.1 Å². The van der Waals surface area contributed by atoms with Gasteiger partial charge in [-0.2, -0.15) is 5.10 Å². The molecule has 0 bridgehead atoms. The van der Waals surface area contributed by atoms with Gasteiger partial charge in [-0.25, -0.2) is 0 Å². The Labute approximate surface area is 121 Å². The van der Waals surface area contributed by atoms with Gasteiger partial charge < -0.3 is 10.6 Å². The van der Waals surface area contributed by atoms with E-state index < -0.39 is 0 Å². The second kappa shape index (κ2) is 6.39. The molecule has 0 aromatic carbocycles. The Bertz CT molecular complexity index is 474. The van der Waals surface area contributed by atoms with Crippen molar-refractivity contribution in [3.63, 3.8) is 0 Å². The number of carbonyl (C=O) groups excluding carboxylic acids is 1. The number of hydrogen-bond acceptors (Lipinski definition) is 3. The first-order chi connectivity index (χ1) is 9.49. The summed E-state index contributed by atoms with van der Waals surface area (Å²) in [4.78, 5) is 12.2. The number of rotatable bonds is 4. The summed E-state index contributed by atoms with van der Waals surface area (Å²) in [6.45, 7) is 8.24. The summed E-state index contributed by atoms with van der Waals surface area (Å²) < 4.78 is 1.80. The number of nitrogens with zero attached hydrogens (tertiary/aromatic N) is 2. The number of carbonyl (C=O) groups is 1. The summed E-state index contributed by atoms with van der Waals surface area (Å²) in [6.07, 6.45) is 3.03. The number of aryl methyl sites for hydroxylation is 2. The molecule has 1 aromatic rings. The van der Waals surface area contributed by atoms with Crippen LogP contribution in [0.25, 0.3) is 0 Å². The van der Waals surface area contributed by atoms with E-state index in [1.54, 1.807) is 4.68 Å². The zero-order chi connectivity index (χ0) is 14.7. The van der Waals surface area contributed by atoms with Crippen molar-refractivity contribution in [2.45, 2.75) is 40.0 Å². The third-order valence-electron chi connectivity index (χ3n) is 4.42. The Morgan fingerprint density at radius 2 is 2.30 bits per heavy atom. The molecule has 1 aliphatic rings. The molecule has 1 aromatic heterocycles. The van der Waals surface area contributed by atoms with Crippen molar-refractivity contribution in [2.24, 2.45) is 18.9 Å². The standard InChI is InChI=1S/C15H26N4O/c1-10(13-6-5-7-16-9-13)8-14(20)17-15-11(2)18-19(4)12(15)3/h10,13,16H,5-9H2,1-4H3,(H,17,20). The van der Waals surface area contributed by atoms with Gasteiger partial charge in [-0.3, -0.25) is 9.48 Å². The molecular weight excluding hydrogens is 252 g/mol. The average Bonchev–Trinajstić information content (AvgIpc) is 2.66. The maximum Gasteiger partial charge on any atom is 0.224 e. The van der Waals surface area contributed by atoms with Gasteiger partial charge in [0.1, 0.15) is 0 Å². The Kier molecular flexibility index (Phi) is 4.81. The van der Waals surface area contributed by atoms with E-state index in [4.69, 9.17) is 0 Å². The van der Waals surface area contributed by atoms with Gasteiger partial charge in [0.2, 0.25) is 5.91 Å². The highest BCUT2D eigenvalue weighted by Crippen LogP contribution is 2.24. The van der Waals surface area contributed by atoms with Crippen molar-refractivity contribution in [3.8, 4) is 0 Å². The predicted octanol–water partition coefficient (Wildman–Crippen LogP) is 2.00. The molecule has 1 saturated heterocycles. The summed E-state index contributed by atoms with van der Waals surface area (Å²) in [7, 11) is 1.90. The van der Waals surface area contributed by atoms with Crippen LogP contribution < -0.4 is 10.6 Å². The highest BCUT2D eigenvalue weighted by Gasteiger charge is 2.22. The quantitative estimate of drug-likeness (QED) is 0.885. The van der Waals surface area contributed by atoms with Crippen LogP contribution in [0.2, 0.25) is 0 Å². The molecule has 2 N–H and O–H groups in total. The minimum atomic E-state index is 0.0993. The van der Waals surface area contributed by atoms with E-state index in [1.165, 1.54) is 12.8 Å². The first-order valence-corrected chi connectivity index (χ1v) is 7.49. The summed E-state index contributed by atoms with van der Waals surface area (Å²) in [5.41, 5.74) is 2.75. The first-order valence-electron chi connectivity index (χ1n) is 7.49. The number of amides is 1. The van der Waals surface area contributed by atoms with Gasteiger partial charge in [0.05, 0.1) is 17.1 Å². The fourth-order valence-corrected chi connectivity index (χ4v) is 2.97. The summed E-state index contributed by atoms with van der Waals surface area (Å²) in [5.74, 6) is 1.13. The van der Waals surface area contributed by atoms with Crippen molar-refractivity contribution in [1.29, 1.82) is 0 Å². The molecule has 20 heavy (non-hydrogen) atoms. The second-order valence-corrected chi connectivity index (χ2v) is 6.01. The lowest BCUT2D eigenvalue weighted by atomic mass is 9.85. The van der Waals surface area contributed by atoms with Crippen LogP contribution in [0.15, 0.2) is 0 Å². The molecule has 1 fully saturated rings. The van der Waals surface area contributed by atoms with E-state index in [0.29, 0.717) is 18.3 Å². The van der Waals surface area contributed by atoms with Gasteiger partial charge in [0.25, 0.3) is 0 Å². The maximum atomic E-state index is 12.2. The summed E-state index contributed by atoms with van der Waals surface area (Å²) in [5, 5.41) is 10.8. The van der Waals surface area contributed by atoms with E-state index in [2.05, 4.69) is 22.7 Å². The molecule has 1 amide bonds. The monoisotopic (exact) mass is 278 g/mol. The van der Waals surface area contributed by atoms with Crippen molar-refractivity contribution in [3.05, 3.63) is 11.4 Å². The van der Waals surface area contributed by atoms with Crippen molar-refractivity contribution < 1.29 is 4.79 Å². The van der Waals surface area contributed by atoms with Gasteiger partial charge in [-0.05, 0) is 51.6 Å². The van der Waals surface area contributed by atoms with E-state index in [-0.39, 0.29) is 5.91 Å². The van der Waals surface area contributed by atoms with E-state index in [9.17, 15) is 4.79 Å². The fourth-order valence-electron chi connectivity index (χ4n) is 2.97. The number of nitrogens with one attached hydrogen (secondary N) is 2. The smallest absolute Gasteiger partial charge is 0.224 e. The molecule has 2 heterocycles. The Hall–Kier alpha value is -1.36. The zero-order valence-corrected chi connectivity index (χ0v) is 13.0. The maximum absolute atomic E-state index is 12.2. The van der Waals surface area contributed by atoms with Crippen LogP contribution in [0.1, 0.15) is 37.6 Å². The Morgan fingerprint density at radius 1 is 1.55 bits per heavy atom. The second-order valence-electron chi connectivity index (χ2n) is 6.01. The lowest BCUT2D eigenvalue weighted by Gasteiger charge is -2.28. The topological polar surface area (TPSA) is 59.0 Å². The summed E-state index contributed by atoms with van der Waals surface area (Å²) >= 11 is 0. The zero-order valence-electron chi connectivity index (χ0n) is 13.0. The van der Waals surface area contributed by atoms with E-state index >= 15 is 0 Å². The van der Waals surface area contributed by atoms with Crippen LogP contribution in [0.4, 0.5) is 5.69 Å². The highest BCUT2D eigenvalue weighted by atomic mass is 16.1. The number of anilines is 1. The van der Waals surface area contributed by atoms with Gasteiger partial charge in [0.15, 0.2) is 0 Å². The molecule has 112 valence electrons. The molecule has 0 saturated carbocycles. The number of hydrogen-bond donors (Lipinski definition) is 2. The normalized spacial score (nSPS) is 20.7. The van der Waals surface area contributed by atoms with Crippen molar-refractivity contribution in [2.75, 3.05) is 18.4 Å². The molecule has 5 heteroatoms. The van der Waals surface area contributed by atoms with Gasteiger partial charge in [-0.15, -0.1) is 0 Å². The molecule has 5 nitrogen and oxygen atoms in total. The van der Waals surface area contributed by atoms with Crippen molar-refractivity contribution >= 4 is 11.6 Å². The van der Waals surface area contributed by atoms with E-state index in [1.807, 2.05) is 20.9 Å². The number of piperidine rings is 1. The van der Waals surface area contributed by atoms with Crippen LogP contribution in [0, 0.1) is 25.7 Å². The fraction of sp³-hybridized carbons (Fsp3) is 0.733. The molecule has 0 aliphatic carbocycles. The lowest BCUT2D eigenvalue weighted by molar-refractivity contribution is -0.117.